The number of imidazole rings is 1. The second kappa shape index (κ2) is 7.16. The normalized spacial score (nSPS) is 20.2. The summed E-state index contributed by atoms with van der Waals surface area (Å²) in [6.45, 7) is 2.41. The van der Waals surface area contributed by atoms with Crippen LogP contribution in [0.2, 0.25) is 0 Å². The Labute approximate surface area is 146 Å². The van der Waals surface area contributed by atoms with Crippen molar-refractivity contribution in [3.05, 3.63) is 60.6 Å². The summed E-state index contributed by atoms with van der Waals surface area (Å²) in [7, 11) is 2.01. The molecule has 0 saturated carbocycles. The van der Waals surface area contributed by atoms with Gasteiger partial charge in [0.2, 0.25) is 0 Å². The molecule has 0 unspecified atom stereocenters. The molecule has 3 aromatic heterocycles. The standard InChI is InChI=1S/C18H22N6O/c1-23-10-8-21-18(23)16-14(5-11-25-16)12-19-13-15-4-2-6-20-17(15)24-9-3-7-22-24/h2-4,6-10,14,16,19H,5,11-13H2,1H3/t14-,16+/m0/s1. The molecule has 0 spiro atoms. The number of pyridine rings is 1. The van der Waals surface area contributed by atoms with Gasteiger partial charge in [0.1, 0.15) is 11.9 Å². The minimum absolute atomic E-state index is 0.0620. The lowest BCUT2D eigenvalue weighted by Crippen LogP contribution is -2.26. The van der Waals surface area contributed by atoms with Gasteiger partial charge in [0, 0.05) is 69.2 Å². The molecule has 1 aliphatic rings. The lowest BCUT2D eigenvalue weighted by molar-refractivity contribution is 0.0811. The summed E-state index contributed by atoms with van der Waals surface area (Å²) in [6.07, 6.45) is 10.4. The number of rotatable bonds is 6. The fraction of sp³-hybridized carbons (Fsp3) is 0.389. The van der Waals surface area contributed by atoms with Gasteiger partial charge < -0.3 is 14.6 Å². The molecule has 0 aromatic carbocycles. The molecule has 0 radical (unpaired) electrons. The van der Waals surface area contributed by atoms with Gasteiger partial charge in [-0.25, -0.2) is 14.6 Å². The van der Waals surface area contributed by atoms with Crippen molar-refractivity contribution in [2.45, 2.75) is 19.1 Å². The maximum atomic E-state index is 5.93. The van der Waals surface area contributed by atoms with Crippen molar-refractivity contribution in [1.82, 2.24) is 29.6 Å². The van der Waals surface area contributed by atoms with E-state index in [1.165, 1.54) is 0 Å². The molecule has 4 heterocycles. The Kier molecular flexibility index (Phi) is 4.58. The molecule has 3 aromatic rings. The first-order valence-electron chi connectivity index (χ1n) is 8.56. The second-order valence-corrected chi connectivity index (χ2v) is 6.30. The van der Waals surface area contributed by atoms with E-state index in [4.69, 9.17) is 4.74 Å². The molecular weight excluding hydrogens is 316 g/mol. The first kappa shape index (κ1) is 16.0. The highest BCUT2D eigenvalue weighted by molar-refractivity contribution is 5.32. The van der Waals surface area contributed by atoms with Crippen LogP contribution >= 0.6 is 0 Å². The van der Waals surface area contributed by atoms with E-state index in [2.05, 4.69) is 26.4 Å². The minimum Gasteiger partial charge on any atom is -0.370 e. The summed E-state index contributed by atoms with van der Waals surface area (Å²) in [5.41, 5.74) is 1.12. The number of ether oxygens (including phenoxy) is 1. The summed E-state index contributed by atoms with van der Waals surface area (Å²) >= 11 is 0. The maximum Gasteiger partial charge on any atom is 0.157 e. The van der Waals surface area contributed by atoms with E-state index in [0.717, 1.165) is 43.3 Å². The van der Waals surface area contributed by atoms with E-state index in [9.17, 15) is 0 Å². The van der Waals surface area contributed by atoms with Gasteiger partial charge in [0.15, 0.2) is 5.82 Å². The third-order valence-corrected chi connectivity index (χ3v) is 4.64. The summed E-state index contributed by atoms with van der Waals surface area (Å²) in [5, 5.41) is 7.84. The molecule has 0 amide bonds. The van der Waals surface area contributed by atoms with Crippen LogP contribution in [0.3, 0.4) is 0 Å². The van der Waals surface area contributed by atoms with Crippen molar-refractivity contribution in [2.24, 2.45) is 13.0 Å². The molecule has 1 saturated heterocycles. The van der Waals surface area contributed by atoms with Crippen molar-refractivity contribution >= 4 is 0 Å². The van der Waals surface area contributed by atoms with Crippen LogP contribution in [0.4, 0.5) is 0 Å². The van der Waals surface area contributed by atoms with Gasteiger partial charge in [-0.05, 0) is 18.6 Å². The van der Waals surface area contributed by atoms with Crippen LogP contribution in [0, 0.1) is 5.92 Å². The second-order valence-electron chi connectivity index (χ2n) is 6.30. The van der Waals surface area contributed by atoms with Crippen LogP contribution in [0.15, 0.2) is 49.2 Å². The van der Waals surface area contributed by atoms with Gasteiger partial charge in [-0.1, -0.05) is 6.07 Å². The van der Waals surface area contributed by atoms with Crippen LogP contribution < -0.4 is 5.32 Å². The Morgan fingerprint density at radius 3 is 2.96 bits per heavy atom. The van der Waals surface area contributed by atoms with Crippen molar-refractivity contribution in [3.63, 3.8) is 0 Å². The third-order valence-electron chi connectivity index (χ3n) is 4.64. The van der Waals surface area contributed by atoms with Gasteiger partial charge in [0.25, 0.3) is 0 Å². The predicted molar refractivity (Wildman–Crippen MR) is 93.1 cm³/mol. The SMILES string of the molecule is Cn1ccnc1[C@@H]1OCC[C@H]1CNCc1cccnc1-n1cccn1. The van der Waals surface area contributed by atoms with Gasteiger partial charge in [0.05, 0.1) is 0 Å². The molecule has 2 atom stereocenters. The highest BCUT2D eigenvalue weighted by Crippen LogP contribution is 2.32. The third kappa shape index (κ3) is 3.33. The highest BCUT2D eigenvalue weighted by Gasteiger charge is 2.31. The van der Waals surface area contributed by atoms with Crippen molar-refractivity contribution < 1.29 is 4.74 Å². The van der Waals surface area contributed by atoms with Crippen molar-refractivity contribution in [2.75, 3.05) is 13.2 Å². The van der Waals surface area contributed by atoms with Gasteiger partial charge in [-0.2, -0.15) is 5.10 Å². The molecule has 0 bridgehead atoms. The van der Waals surface area contributed by atoms with Crippen LogP contribution in [0.1, 0.15) is 23.9 Å². The highest BCUT2D eigenvalue weighted by atomic mass is 16.5. The first-order chi connectivity index (χ1) is 12.3. The van der Waals surface area contributed by atoms with E-state index in [0.29, 0.717) is 5.92 Å². The number of nitrogens with one attached hydrogen (secondary N) is 1. The van der Waals surface area contributed by atoms with E-state index in [1.54, 1.807) is 17.1 Å². The molecule has 1 N–H and O–H groups in total. The zero-order valence-electron chi connectivity index (χ0n) is 14.2. The zero-order valence-corrected chi connectivity index (χ0v) is 14.2. The topological polar surface area (TPSA) is 69.8 Å². The molecule has 1 aliphatic heterocycles. The van der Waals surface area contributed by atoms with E-state index >= 15 is 0 Å². The summed E-state index contributed by atoms with van der Waals surface area (Å²) in [6, 6.07) is 5.94. The number of hydrogen-bond acceptors (Lipinski definition) is 5. The molecule has 0 aliphatic carbocycles. The molecule has 7 heteroatoms. The molecule has 7 nitrogen and oxygen atoms in total. The Morgan fingerprint density at radius 2 is 2.16 bits per heavy atom. The average molecular weight is 338 g/mol. The number of aromatic nitrogens is 5. The smallest absolute Gasteiger partial charge is 0.157 e. The lowest BCUT2D eigenvalue weighted by Gasteiger charge is -2.19. The summed E-state index contributed by atoms with van der Waals surface area (Å²) in [5.74, 6) is 2.29. The summed E-state index contributed by atoms with van der Waals surface area (Å²) in [4.78, 5) is 8.91. The monoisotopic (exact) mass is 338 g/mol. The molecule has 25 heavy (non-hydrogen) atoms. The van der Waals surface area contributed by atoms with Crippen LogP contribution in [0.25, 0.3) is 5.82 Å². The minimum atomic E-state index is 0.0620. The van der Waals surface area contributed by atoms with Crippen LogP contribution in [-0.2, 0) is 18.3 Å². The van der Waals surface area contributed by atoms with Crippen LogP contribution in [0.5, 0.6) is 0 Å². The van der Waals surface area contributed by atoms with E-state index in [1.807, 2.05) is 42.3 Å². The van der Waals surface area contributed by atoms with Gasteiger partial charge >= 0.3 is 0 Å². The quantitative estimate of drug-likeness (QED) is 0.743. The fourth-order valence-corrected chi connectivity index (χ4v) is 3.34. The Morgan fingerprint density at radius 1 is 1.20 bits per heavy atom. The molecule has 130 valence electrons. The average Bonchev–Trinajstić information content (AvgIpc) is 3.36. The molecule has 1 fully saturated rings. The van der Waals surface area contributed by atoms with E-state index < -0.39 is 0 Å². The lowest BCUT2D eigenvalue weighted by atomic mass is 10.0. The maximum absolute atomic E-state index is 5.93. The zero-order chi connectivity index (χ0) is 17.1. The Balaban J connectivity index is 1.41. The summed E-state index contributed by atoms with van der Waals surface area (Å²) < 4.78 is 9.77. The van der Waals surface area contributed by atoms with Crippen LogP contribution in [-0.4, -0.2) is 37.5 Å². The van der Waals surface area contributed by atoms with Gasteiger partial charge in [-0.3, -0.25) is 0 Å². The fourth-order valence-electron chi connectivity index (χ4n) is 3.34. The Bertz CT molecular complexity index is 813. The number of aryl methyl sites for hydroxylation is 1. The molecular formula is C18H22N6O. The first-order valence-corrected chi connectivity index (χ1v) is 8.56. The van der Waals surface area contributed by atoms with Crippen molar-refractivity contribution in [1.29, 1.82) is 0 Å². The predicted octanol–water partition coefficient (Wildman–Crippen LogP) is 1.87. The van der Waals surface area contributed by atoms with E-state index in [-0.39, 0.29) is 6.10 Å². The van der Waals surface area contributed by atoms with Gasteiger partial charge in [-0.15, -0.1) is 0 Å². The number of nitrogens with zero attached hydrogens (tertiary/aromatic N) is 5. The van der Waals surface area contributed by atoms with Crippen molar-refractivity contribution in [3.8, 4) is 5.82 Å². The largest absolute Gasteiger partial charge is 0.370 e. The molecule has 4 rings (SSSR count). The Hall–Kier alpha value is -2.51. The number of hydrogen-bond donors (Lipinski definition) is 1.